The second-order valence-corrected chi connectivity index (χ2v) is 5.88. The van der Waals surface area contributed by atoms with Gasteiger partial charge >= 0.3 is 0 Å². The Morgan fingerprint density at radius 3 is 2.74 bits per heavy atom. The number of nitrogens with two attached hydrogens (primary N) is 1. The lowest BCUT2D eigenvalue weighted by Crippen LogP contribution is -2.14. The van der Waals surface area contributed by atoms with Crippen LogP contribution in [0, 0.1) is 6.92 Å². The molecule has 0 unspecified atom stereocenters. The third-order valence-corrected chi connectivity index (χ3v) is 3.89. The number of nitrogens with zero attached hydrogens (tertiary/aromatic N) is 2. The van der Waals surface area contributed by atoms with E-state index < -0.39 is 10.0 Å². The van der Waals surface area contributed by atoms with E-state index in [0.717, 1.165) is 11.3 Å². The van der Waals surface area contributed by atoms with Gasteiger partial charge in [-0.05, 0) is 24.6 Å². The van der Waals surface area contributed by atoms with Crippen molar-refractivity contribution < 1.29 is 8.42 Å². The number of anilines is 1. The smallest absolute Gasteiger partial charge is 0.238 e. The molecule has 0 aliphatic heterocycles. The molecule has 1 aromatic heterocycles. The number of aromatic nitrogens is 2. The van der Waals surface area contributed by atoms with Gasteiger partial charge in [-0.1, -0.05) is 6.07 Å². The highest BCUT2D eigenvalue weighted by molar-refractivity contribution is 7.89. The highest BCUT2D eigenvalue weighted by atomic mass is 32.2. The topological polar surface area (TPSA) is 90.0 Å². The molecule has 7 heteroatoms. The summed E-state index contributed by atoms with van der Waals surface area (Å²) in [6.45, 7) is 2.30. The predicted octanol–water partition coefficient (Wildman–Crippen LogP) is 0.988. The molecule has 0 radical (unpaired) electrons. The van der Waals surface area contributed by atoms with Gasteiger partial charge in [-0.2, -0.15) is 5.10 Å². The van der Waals surface area contributed by atoms with Gasteiger partial charge in [0.05, 0.1) is 11.1 Å². The van der Waals surface area contributed by atoms with Crippen LogP contribution in [0.1, 0.15) is 11.1 Å². The van der Waals surface area contributed by atoms with Crippen molar-refractivity contribution in [3.05, 3.63) is 41.7 Å². The molecule has 0 saturated carbocycles. The SMILES string of the molecule is Cc1c(NCc2cnn(C)c2)cccc1S(N)(=O)=O. The van der Waals surface area contributed by atoms with Crippen molar-refractivity contribution in [3.8, 4) is 0 Å². The van der Waals surface area contributed by atoms with Crippen LogP contribution in [0.5, 0.6) is 0 Å². The fraction of sp³-hybridized carbons (Fsp3) is 0.250. The second kappa shape index (κ2) is 5.02. The Kier molecular flexibility index (Phi) is 3.59. The third-order valence-electron chi connectivity index (χ3n) is 2.83. The lowest BCUT2D eigenvalue weighted by Gasteiger charge is -2.11. The molecule has 0 spiro atoms. The quantitative estimate of drug-likeness (QED) is 0.873. The number of benzene rings is 1. The Balaban J connectivity index is 2.22. The first-order valence-electron chi connectivity index (χ1n) is 5.72. The van der Waals surface area contributed by atoms with Crippen molar-refractivity contribution in [2.75, 3.05) is 5.32 Å². The maximum absolute atomic E-state index is 11.4. The Morgan fingerprint density at radius 1 is 1.42 bits per heavy atom. The Bertz CT molecular complexity index is 692. The zero-order valence-electron chi connectivity index (χ0n) is 10.8. The molecule has 1 aromatic carbocycles. The number of hydrogen-bond acceptors (Lipinski definition) is 4. The molecule has 102 valence electrons. The van der Waals surface area contributed by atoms with Gasteiger partial charge in [-0.25, -0.2) is 13.6 Å². The standard InChI is InChI=1S/C12H16N4O2S/c1-9-11(4-3-5-12(9)19(13,17)18)14-6-10-7-15-16(2)8-10/h3-5,7-8,14H,6H2,1-2H3,(H2,13,17,18). The van der Waals surface area contributed by atoms with Gasteiger partial charge < -0.3 is 5.32 Å². The summed E-state index contributed by atoms with van der Waals surface area (Å²) < 4.78 is 24.6. The van der Waals surface area contributed by atoms with Crippen molar-refractivity contribution in [1.29, 1.82) is 0 Å². The van der Waals surface area contributed by atoms with Crippen molar-refractivity contribution in [2.45, 2.75) is 18.4 Å². The summed E-state index contributed by atoms with van der Waals surface area (Å²) >= 11 is 0. The number of nitrogens with one attached hydrogen (secondary N) is 1. The lowest BCUT2D eigenvalue weighted by molar-refractivity contribution is 0.597. The Labute approximate surface area is 112 Å². The molecule has 0 aliphatic carbocycles. The number of hydrogen-bond donors (Lipinski definition) is 2. The minimum absolute atomic E-state index is 0.142. The molecule has 19 heavy (non-hydrogen) atoms. The average Bonchev–Trinajstić information content (AvgIpc) is 2.72. The maximum Gasteiger partial charge on any atom is 0.238 e. The van der Waals surface area contributed by atoms with Gasteiger partial charge in [0.2, 0.25) is 10.0 Å². The number of primary sulfonamides is 1. The molecule has 3 N–H and O–H groups in total. The van der Waals surface area contributed by atoms with E-state index in [2.05, 4.69) is 10.4 Å². The van der Waals surface area contributed by atoms with Crippen LogP contribution in [0.4, 0.5) is 5.69 Å². The second-order valence-electron chi connectivity index (χ2n) is 4.35. The van der Waals surface area contributed by atoms with Crippen LogP contribution in [0.25, 0.3) is 0 Å². The van der Waals surface area contributed by atoms with Crippen LogP contribution in [0.15, 0.2) is 35.5 Å². The molecular weight excluding hydrogens is 264 g/mol. The van der Waals surface area contributed by atoms with E-state index in [9.17, 15) is 8.42 Å². The fourth-order valence-electron chi connectivity index (χ4n) is 1.87. The molecule has 2 aromatic rings. The number of aryl methyl sites for hydroxylation is 1. The van der Waals surface area contributed by atoms with E-state index in [1.54, 1.807) is 23.9 Å². The van der Waals surface area contributed by atoms with Gasteiger partial charge in [0.15, 0.2) is 0 Å². The summed E-state index contributed by atoms with van der Waals surface area (Å²) in [7, 11) is -1.85. The highest BCUT2D eigenvalue weighted by Crippen LogP contribution is 2.22. The van der Waals surface area contributed by atoms with Crippen molar-refractivity contribution in [2.24, 2.45) is 12.2 Å². The van der Waals surface area contributed by atoms with Gasteiger partial charge in [-0.3, -0.25) is 4.68 Å². The van der Waals surface area contributed by atoms with Crippen molar-refractivity contribution in [1.82, 2.24) is 9.78 Å². The van der Waals surface area contributed by atoms with Crippen LogP contribution >= 0.6 is 0 Å². The van der Waals surface area contributed by atoms with Crippen LogP contribution < -0.4 is 10.5 Å². The first kappa shape index (κ1) is 13.6. The zero-order valence-corrected chi connectivity index (χ0v) is 11.6. The van der Waals surface area contributed by atoms with Crippen molar-refractivity contribution in [3.63, 3.8) is 0 Å². The summed E-state index contributed by atoms with van der Waals surface area (Å²) in [6.07, 6.45) is 3.65. The molecule has 6 nitrogen and oxygen atoms in total. The average molecular weight is 280 g/mol. The van der Waals surface area contributed by atoms with Crippen LogP contribution in [-0.4, -0.2) is 18.2 Å². The van der Waals surface area contributed by atoms with Gasteiger partial charge in [0.25, 0.3) is 0 Å². The lowest BCUT2D eigenvalue weighted by atomic mass is 10.2. The maximum atomic E-state index is 11.4. The zero-order chi connectivity index (χ0) is 14.0. The minimum Gasteiger partial charge on any atom is -0.381 e. The first-order valence-corrected chi connectivity index (χ1v) is 7.26. The fourth-order valence-corrected chi connectivity index (χ4v) is 2.68. The summed E-state index contributed by atoms with van der Waals surface area (Å²) in [5.41, 5.74) is 2.38. The molecular formula is C12H16N4O2S. The van der Waals surface area contributed by atoms with E-state index in [0.29, 0.717) is 12.1 Å². The molecule has 0 atom stereocenters. The number of sulfonamides is 1. The molecule has 2 rings (SSSR count). The first-order chi connectivity index (χ1) is 8.88. The molecule has 0 amide bonds. The predicted molar refractivity (Wildman–Crippen MR) is 73.1 cm³/mol. The molecule has 0 aliphatic rings. The van der Waals surface area contributed by atoms with E-state index in [-0.39, 0.29) is 4.90 Å². The summed E-state index contributed by atoms with van der Waals surface area (Å²) in [6, 6.07) is 4.98. The van der Waals surface area contributed by atoms with Crippen LogP contribution in [0.2, 0.25) is 0 Å². The highest BCUT2D eigenvalue weighted by Gasteiger charge is 2.13. The summed E-state index contributed by atoms with van der Waals surface area (Å²) in [5.74, 6) is 0. The van der Waals surface area contributed by atoms with Gasteiger partial charge in [-0.15, -0.1) is 0 Å². The number of rotatable bonds is 4. The molecule has 1 heterocycles. The van der Waals surface area contributed by atoms with E-state index in [4.69, 9.17) is 5.14 Å². The largest absolute Gasteiger partial charge is 0.381 e. The normalized spacial score (nSPS) is 11.5. The Morgan fingerprint density at radius 2 is 2.16 bits per heavy atom. The third kappa shape index (κ3) is 3.12. The van der Waals surface area contributed by atoms with Gasteiger partial charge in [0.1, 0.15) is 0 Å². The van der Waals surface area contributed by atoms with E-state index >= 15 is 0 Å². The Hall–Kier alpha value is -1.86. The van der Waals surface area contributed by atoms with E-state index in [1.807, 2.05) is 19.3 Å². The molecule has 0 fully saturated rings. The minimum atomic E-state index is -3.69. The summed E-state index contributed by atoms with van der Waals surface area (Å²) in [5, 5.41) is 12.4. The van der Waals surface area contributed by atoms with Crippen LogP contribution in [-0.2, 0) is 23.6 Å². The summed E-state index contributed by atoms with van der Waals surface area (Å²) in [4.78, 5) is 0.142. The molecule has 0 saturated heterocycles. The van der Waals surface area contributed by atoms with Crippen LogP contribution in [0.3, 0.4) is 0 Å². The molecule has 0 bridgehead atoms. The monoisotopic (exact) mass is 280 g/mol. The van der Waals surface area contributed by atoms with Crippen molar-refractivity contribution >= 4 is 15.7 Å². The van der Waals surface area contributed by atoms with E-state index in [1.165, 1.54) is 6.07 Å². The van der Waals surface area contributed by atoms with Gasteiger partial charge in [0, 0.05) is 31.0 Å².